The Morgan fingerprint density at radius 3 is 3.27 bits per heavy atom. The number of nitrogens with zero attached hydrogens (tertiary/aromatic N) is 1. The van der Waals surface area contributed by atoms with Gasteiger partial charge < -0.3 is 9.64 Å². The molecule has 1 atom stereocenters. The minimum absolute atomic E-state index is 0.111. The molecule has 0 fully saturated rings. The first kappa shape index (κ1) is 10.0. The maximum atomic E-state index is 11.4. The van der Waals surface area contributed by atoms with E-state index < -0.39 is 0 Å². The van der Waals surface area contributed by atoms with E-state index in [1.807, 2.05) is 25.3 Å². The van der Waals surface area contributed by atoms with Gasteiger partial charge in [0, 0.05) is 17.9 Å². The van der Waals surface area contributed by atoms with Gasteiger partial charge in [-0.25, -0.2) is 0 Å². The van der Waals surface area contributed by atoms with Gasteiger partial charge in [0.15, 0.2) is 0 Å². The summed E-state index contributed by atoms with van der Waals surface area (Å²) in [5, 5.41) is 0. The van der Waals surface area contributed by atoms with Crippen molar-refractivity contribution in [2.24, 2.45) is 0 Å². The van der Waals surface area contributed by atoms with Crippen LogP contribution in [-0.4, -0.2) is 23.5 Å². The van der Waals surface area contributed by atoms with E-state index in [9.17, 15) is 4.79 Å². The molecule has 2 aliphatic heterocycles. The van der Waals surface area contributed by atoms with Crippen molar-refractivity contribution in [2.75, 3.05) is 6.61 Å². The van der Waals surface area contributed by atoms with Crippen LogP contribution in [0.25, 0.3) is 0 Å². The zero-order valence-corrected chi connectivity index (χ0v) is 8.85. The van der Waals surface area contributed by atoms with Crippen LogP contribution in [0.3, 0.4) is 0 Å². The van der Waals surface area contributed by atoms with Crippen LogP contribution >= 0.6 is 0 Å². The second kappa shape index (κ2) is 4.34. The molecule has 2 heterocycles. The van der Waals surface area contributed by atoms with Gasteiger partial charge in [0.2, 0.25) is 0 Å². The first-order chi connectivity index (χ1) is 7.31. The fourth-order valence-corrected chi connectivity index (χ4v) is 1.94. The van der Waals surface area contributed by atoms with Crippen molar-refractivity contribution in [3.63, 3.8) is 0 Å². The Balaban J connectivity index is 1.94. The average molecular weight is 205 g/mol. The van der Waals surface area contributed by atoms with E-state index in [2.05, 4.69) is 17.1 Å². The Kier molecular flexibility index (Phi) is 2.90. The molecule has 15 heavy (non-hydrogen) atoms. The van der Waals surface area contributed by atoms with Gasteiger partial charge in [-0.3, -0.25) is 4.79 Å². The molecule has 3 heteroatoms. The molecule has 0 amide bonds. The second-order valence-electron chi connectivity index (χ2n) is 3.64. The summed E-state index contributed by atoms with van der Waals surface area (Å²) < 4.78 is 4.95. The summed E-state index contributed by atoms with van der Waals surface area (Å²) in [6.45, 7) is 2.29. The number of esters is 1. The highest BCUT2D eigenvalue weighted by atomic mass is 16.5. The fraction of sp³-hybridized carbons (Fsp3) is 0.417. The monoisotopic (exact) mass is 205 g/mol. The van der Waals surface area contributed by atoms with E-state index in [1.165, 1.54) is 5.70 Å². The van der Waals surface area contributed by atoms with E-state index >= 15 is 0 Å². The smallest absolute Gasteiger partial charge is 0.307 e. The molecule has 0 aromatic rings. The quantitative estimate of drug-likeness (QED) is 0.660. The lowest BCUT2D eigenvalue weighted by molar-refractivity contribution is -0.144. The molecule has 0 radical (unpaired) electrons. The molecule has 0 saturated carbocycles. The summed E-state index contributed by atoms with van der Waals surface area (Å²) in [4.78, 5) is 13.5. The van der Waals surface area contributed by atoms with E-state index in [0.29, 0.717) is 13.0 Å². The van der Waals surface area contributed by atoms with Gasteiger partial charge >= 0.3 is 5.97 Å². The van der Waals surface area contributed by atoms with Gasteiger partial charge in [0.1, 0.15) is 0 Å². The van der Waals surface area contributed by atoms with Crippen molar-refractivity contribution in [2.45, 2.75) is 25.8 Å². The molecule has 0 bridgehead atoms. The SMILES string of the molecule is CCOC(=O)CC1CC=C2C=CC=CN21. The van der Waals surface area contributed by atoms with Gasteiger partial charge in [-0.15, -0.1) is 0 Å². The van der Waals surface area contributed by atoms with E-state index in [-0.39, 0.29) is 12.0 Å². The number of ether oxygens (including phenoxy) is 1. The van der Waals surface area contributed by atoms with Crippen LogP contribution in [0.2, 0.25) is 0 Å². The number of fused-ring (bicyclic) bond motifs is 1. The number of hydrogen-bond donors (Lipinski definition) is 0. The molecular weight excluding hydrogens is 190 g/mol. The second-order valence-corrected chi connectivity index (χ2v) is 3.64. The number of hydrogen-bond acceptors (Lipinski definition) is 3. The molecule has 0 saturated heterocycles. The molecule has 2 rings (SSSR count). The van der Waals surface area contributed by atoms with Gasteiger partial charge in [-0.2, -0.15) is 0 Å². The summed E-state index contributed by atoms with van der Waals surface area (Å²) in [5.74, 6) is -0.111. The normalized spacial score (nSPS) is 22.6. The highest BCUT2D eigenvalue weighted by Crippen LogP contribution is 2.27. The molecule has 0 spiro atoms. The minimum Gasteiger partial charge on any atom is -0.466 e. The number of rotatable bonds is 3. The lowest BCUT2D eigenvalue weighted by Gasteiger charge is -2.25. The fourth-order valence-electron chi connectivity index (χ4n) is 1.94. The van der Waals surface area contributed by atoms with Crippen LogP contribution in [0, 0.1) is 0 Å². The van der Waals surface area contributed by atoms with Crippen molar-refractivity contribution in [3.8, 4) is 0 Å². The maximum absolute atomic E-state index is 11.4. The molecule has 1 unspecified atom stereocenters. The summed E-state index contributed by atoms with van der Waals surface area (Å²) in [5.41, 5.74) is 1.19. The molecular formula is C12H15NO2. The van der Waals surface area contributed by atoms with Crippen LogP contribution in [0.1, 0.15) is 19.8 Å². The third-order valence-electron chi connectivity index (χ3n) is 2.62. The van der Waals surface area contributed by atoms with Crippen molar-refractivity contribution >= 4 is 5.97 Å². The Morgan fingerprint density at radius 2 is 2.47 bits per heavy atom. The van der Waals surface area contributed by atoms with Crippen molar-refractivity contribution < 1.29 is 9.53 Å². The van der Waals surface area contributed by atoms with E-state index in [1.54, 1.807) is 0 Å². The lowest BCUT2D eigenvalue weighted by Crippen LogP contribution is -2.28. The highest BCUT2D eigenvalue weighted by molar-refractivity contribution is 5.70. The average Bonchev–Trinajstić information content (AvgIpc) is 2.62. The Bertz CT molecular complexity index is 342. The van der Waals surface area contributed by atoms with Gasteiger partial charge in [0.25, 0.3) is 0 Å². The van der Waals surface area contributed by atoms with Gasteiger partial charge in [-0.1, -0.05) is 12.2 Å². The van der Waals surface area contributed by atoms with Crippen LogP contribution in [0.4, 0.5) is 0 Å². The third-order valence-corrected chi connectivity index (χ3v) is 2.62. The summed E-state index contributed by atoms with van der Waals surface area (Å²) in [7, 11) is 0. The Morgan fingerprint density at radius 1 is 1.60 bits per heavy atom. The highest BCUT2D eigenvalue weighted by Gasteiger charge is 2.26. The first-order valence-electron chi connectivity index (χ1n) is 5.30. The number of allylic oxidation sites excluding steroid dienone is 3. The Hall–Kier alpha value is -1.51. The van der Waals surface area contributed by atoms with Crippen molar-refractivity contribution in [1.29, 1.82) is 0 Å². The molecule has 0 aliphatic carbocycles. The molecule has 0 aromatic carbocycles. The number of carbonyl (C=O) groups is 1. The van der Waals surface area contributed by atoms with Crippen LogP contribution in [0.15, 0.2) is 36.2 Å². The predicted molar refractivity (Wildman–Crippen MR) is 57.9 cm³/mol. The number of carbonyl (C=O) groups excluding carboxylic acids is 1. The summed E-state index contributed by atoms with van der Waals surface area (Å²) in [6, 6.07) is 0.236. The first-order valence-corrected chi connectivity index (χ1v) is 5.30. The minimum atomic E-state index is -0.111. The molecule has 2 aliphatic rings. The predicted octanol–water partition coefficient (Wildman–Crippen LogP) is 1.98. The van der Waals surface area contributed by atoms with Crippen molar-refractivity contribution in [1.82, 2.24) is 4.90 Å². The van der Waals surface area contributed by atoms with Gasteiger partial charge in [-0.05, 0) is 25.5 Å². The molecule has 0 aromatic heterocycles. The Labute approximate surface area is 89.7 Å². The zero-order valence-electron chi connectivity index (χ0n) is 8.85. The summed E-state index contributed by atoms with van der Waals surface area (Å²) >= 11 is 0. The van der Waals surface area contributed by atoms with Crippen LogP contribution < -0.4 is 0 Å². The van der Waals surface area contributed by atoms with Crippen LogP contribution in [-0.2, 0) is 9.53 Å². The third kappa shape index (κ3) is 2.12. The van der Waals surface area contributed by atoms with Gasteiger partial charge in [0.05, 0.1) is 13.0 Å². The standard InChI is InChI=1S/C12H15NO2/c1-2-15-12(14)9-11-7-6-10-5-3-4-8-13(10)11/h3-6,8,11H,2,7,9H2,1H3. The zero-order chi connectivity index (χ0) is 10.7. The molecule has 3 nitrogen and oxygen atoms in total. The largest absolute Gasteiger partial charge is 0.466 e. The van der Waals surface area contributed by atoms with Crippen molar-refractivity contribution in [3.05, 3.63) is 36.2 Å². The lowest BCUT2D eigenvalue weighted by atomic mass is 10.1. The van der Waals surface area contributed by atoms with E-state index in [4.69, 9.17) is 4.74 Å². The molecule has 0 N–H and O–H groups in total. The topological polar surface area (TPSA) is 29.5 Å². The molecule has 80 valence electrons. The van der Waals surface area contributed by atoms with E-state index in [0.717, 1.165) is 6.42 Å². The maximum Gasteiger partial charge on any atom is 0.307 e. The summed E-state index contributed by atoms with van der Waals surface area (Å²) in [6.07, 6.45) is 11.6. The van der Waals surface area contributed by atoms with Crippen LogP contribution in [0.5, 0.6) is 0 Å².